The van der Waals surface area contributed by atoms with E-state index in [2.05, 4.69) is 27.6 Å². The summed E-state index contributed by atoms with van der Waals surface area (Å²) < 4.78 is 17.8. The zero-order valence-electron chi connectivity index (χ0n) is 18.1. The van der Waals surface area contributed by atoms with E-state index in [0.29, 0.717) is 34.8 Å². The summed E-state index contributed by atoms with van der Waals surface area (Å²) in [6.07, 6.45) is 1.63. The maximum atomic E-state index is 12.3. The van der Waals surface area contributed by atoms with Crippen molar-refractivity contribution in [3.05, 3.63) is 103 Å². The minimum atomic E-state index is -0.530. The molecule has 0 atom stereocenters. The molecule has 0 aromatic heterocycles. The maximum absolute atomic E-state index is 12.3. The monoisotopic (exact) mass is 570 g/mol. The summed E-state index contributed by atoms with van der Waals surface area (Å²) in [5.41, 5.74) is 2.26. The fraction of sp³-hybridized carbons (Fsp3) is 0.120. The third kappa shape index (κ3) is 5.42. The van der Waals surface area contributed by atoms with Crippen LogP contribution in [0.4, 0.5) is 5.69 Å². The molecular formula is C25H19IN2O6. The number of benzene rings is 3. The van der Waals surface area contributed by atoms with Crippen LogP contribution in [0.25, 0.3) is 6.08 Å². The van der Waals surface area contributed by atoms with Crippen molar-refractivity contribution in [2.24, 2.45) is 4.99 Å². The largest absolute Gasteiger partial charge is 0.490 e. The summed E-state index contributed by atoms with van der Waals surface area (Å²) in [7, 11) is 0. The lowest BCUT2D eigenvalue weighted by molar-refractivity contribution is -0.384. The number of nitrogens with zero attached hydrogens (tertiary/aromatic N) is 2. The van der Waals surface area contributed by atoms with E-state index in [1.165, 1.54) is 12.1 Å². The average molecular weight is 570 g/mol. The molecule has 0 bridgehead atoms. The maximum Gasteiger partial charge on any atom is 0.363 e. The number of carbonyl (C=O) groups is 1. The molecule has 1 heterocycles. The summed E-state index contributed by atoms with van der Waals surface area (Å²) in [6.45, 7) is 2.39. The first-order valence-corrected chi connectivity index (χ1v) is 11.4. The highest BCUT2D eigenvalue weighted by Crippen LogP contribution is 2.36. The fourth-order valence-electron chi connectivity index (χ4n) is 3.26. The number of aliphatic imine (C=N–C) groups is 1. The Morgan fingerprint density at radius 1 is 1.09 bits per heavy atom. The smallest absolute Gasteiger partial charge is 0.363 e. The van der Waals surface area contributed by atoms with E-state index in [0.717, 1.165) is 3.57 Å². The first-order chi connectivity index (χ1) is 16.4. The Morgan fingerprint density at radius 3 is 2.62 bits per heavy atom. The predicted octanol–water partition coefficient (Wildman–Crippen LogP) is 5.52. The zero-order valence-corrected chi connectivity index (χ0v) is 20.2. The second-order valence-electron chi connectivity index (χ2n) is 7.18. The fourth-order valence-corrected chi connectivity index (χ4v) is 4.04. The Bertz CT molecular complexity index is 1300. The Hall–Kier alpha value is -3.73. The molecule has 0 saturated carbocycles. The van der Waals surface area contributed by atoms with Crippen LogP contribution in [0.3, 0.4) is 0 Å². The molecule has 0 saturated heterocycles. The summed E-state index contributed by atoms with van der Waals surface area (Å²) in [6, 6.07) is 19.1. The molecule has 3 aromatic rings. The van der Waals surface area contributed by atoms with Crippen LogP contribution in [-0.4, -0.2) is 23.4 Å². The number of nitro groups is 1. The Morgan fingerprint density at radius 2 is 1.88 bits per heavy atom. The highest BCUT2D eigenvalue weighted by molar-refractivity contribution is 14.1. The molecule has 9 heteroatoms. The van der Waals surface area contributed by atoms with Crippen molar-refractivity contribution in [3.63, 3.8) is 0 Å². The number of esters is 1. The number of hydrogen-bond donors (Lipinski definition) is 0. The van der Waals surface area contributed by atoms with Gasteiger partial charge in [-0.15, -0.1) is 0 Å². The molecule has 172 valence electrons. The van der Waals surface area contributed by atoms with Gasteiger partial charge in [0.15, 0.2) is 17.2 Å². The minimum absolute atomic E-state index is 0.00155. The number of carbonyl (C=O) groups excluding carboxylic acids is 1. The molecule has 0 unspecified atom stereocenters. The Kier molecular flexibility index (Phi) is 7.21. The molecule has 8 nitrogen and oxygen atoms in total. The highest BCUT2D eigenvalue weighted by atomic mass is 127. The quantitative estimate of drug-likeness (QED) is 0.116. The van der Waals surface area contributed by atoms with E-state index in [-0.39, 0.29) is 23.9 Å². The number of hydrogen-bond acceptors (Lipinski definition) is 7. The predicted molar refractivity (Wildman–Crippen MR) is 135 cm³/mol. The Balaban J connectivity index is 1.60. The lowest BCUT2D eigenvalue weighted by Gasteiger charge is -2.15. The topological polar surface area (TPSA) is 100 Å². The lowest BCUT2D eigenvalue weighted by atomic mass is 10.1. The van der Waals surface area contributed by atoms with E-state index in [4.69, 9.17) is 14.2 Å². The normalized spacial score (nSPS) is 14.0. The molecule has 1 aliphatic rings. The molecule has 0 N–H and O–H groups in total. The van der Waals surface area contributed by atoms with Gasteiger partial charge in [-0.1, -0.05) is 30.3 Å². The van der Waals surface area contributed by atoms with E-state index >= 15 is 0 Å². The second kappa shape index (κ2) is 10.5. The van der Waals surface area contributed by atoms with Gasteiger partial charge in [-0.3, -0.25) is 10.1 Å². The second-order valence-corrected chi connectivity index (χ2v) is 8.34. The molecule has 0 aliphatic carbocycles. The van der Waals surface area contributed by atoms with E-state index in [9.17, 15) is 14.9 Å². The van der Waals surface area contributed by atoms with Crippen molar-refractivity contribution in [1.29, 1.82) is 0 Å². The van der Waals surface area contributed by atoms with Gasteiger partial charge in [-0.05, 0) is 71.0 Å². The van der Waals surface area contributed by atoms with Crippen molar-refractivity contribution >= 4 is 46.2 Å². The Labute approximate surface area is 209 Å². The third-order valence-electron chi connectivity index (χ3n) is 4.78. The van der Waals surface area contributed by atoms with Gasteiger partial charge < -0.3 is 14.2 Å². The SMILES string of the molecule is CCOc1cc(/C=C2\N=C(c3ccccc3)OC2=O)cc(I)c1OCc1cccc([N+](=O)[O-])c1. The van der Waals surface area contributed by atoms with E-state index in [1.807, 2.05) is 43.3 Å². The third-order valence-corrected chi connectivity index (χ3v) is 5.58. The molecule has 0 radical (unpaired) electrons. The summed E-state index contributed by atoms with van der Waals surface area (Å²) in [5, 5.41) is 11.0. The van der Waals surface area contributed by atoms with Gasteiger partial charge in [0.05, 0.1) is 15.1 Å². The van der Waals surface area contributed by atoms with Crippen molar-refractivity contribution in [2.45, 2.75) is 13.5 Å². The summed E-state index contributed by atoms with van der Waals surface area (Å²) in [4.78, 5) is 27.3. The van der Waals surface area contributed by atoms with Gasteiger partial charge in [0.2, 0.25) is 5.90 Å². The van der Waals surface area contributed by atoms with Crippen LogP contribution in [0.15, 0.2) is 77.4 Å². The number of halogens is 1. The van der Waals surface area contributed by atoms with Gasteiger partial charge in [0.25, 0.3) is 5.69 Å². The van der Waals surface area contributed by atoms with Crippen LogP contribution in [0.2, 0.25) is 0 Å². The lowest BCUT2D eigenvalue weighted by Crippen LogP contribution is -2.05. The molecule has 3 aromatic carbocycles. The number of nitro benzene ring substituents is 1. The minimum Gasteiger partial charge on any atom is -0.490 e. The van der Waals surface area contributed by atoms with Gasteiger partial charge in [-0.25, -0.2) is 9.79 Å². The van der Waals surface area contributed by atoms with E-state index in [1.54, 1.807) is 24.3 Å². The number of non-ortho nitro benzene ring substituents is 1. The van der Waals surface area contributed by atoms with Crippen LogP contribution >= 0.6 is 22.6 Å². The number of cyclic esters (lactones) is 1. The molecule has 0 fully saturated rings. The van der Waals surface area contributed by atoms with Crippen molar-refractivity contribution < 1.29 is 23.9 Å². The van der Waals surface area contributed by atoms with Crippen LogP contribution in [-0.2, 0) is 16.1 Å². The van der Waals surface area contributed by atoms with Crippen LogP contribution in [0.1, 0.15) is 23.6 Å². The van der Waals surface area contributed by atoms with Crippen LogP contribution < -0.4 is 9.47 Å². The molecule has 1 aliphatic heterocycles. The first kappa shape index (κ1) is 23.4. The van der Waals surface area contributed by atoms with Gasteiger partial charge in [0, 0.05) is 17.7 Å². The molecule has 0 spiro atoms. The summed E-state index contributed by atoms with van der Waals surface area (Å²) >= 11 is 2.12. The average Bonchev–Trinajstić information content (AvgIpc) is 3.19. The molecule has 0 amide bonds. The van der Waals surface area contributed by atoms with Crippen molar-refractivity contribution in [2.75, 3.05) is 6.61 Å². The van der Waals surface area contributed by atoms with Gasteiger partial charge >= 0.3 is 5.97 Å². The standard InChI is InChI=1S/C25H19IN2O6/c1-2-32-22-14-17(13-21-25(29)34-24(27-21)18-8-4-3-5-9-18)12-20(26)23(22)33-15-16-7-6-10-19(11-16)28(30)31/h3-14H,2,15H2,1H3/b21-13-. The van der Waals surface area contributed by atoms with Gasteiger partial charge in [-0.2, -0.15) is 0 Å². The van der Waals surface area contributed by atoms with Gasteiger partial charge in [0.1, 0.15) is 6.61 Å². The van der Waals surface area contributed by atoms with Crippen LogP contribution in [0.5, 0.6) is 11.5 Å². The molecule has 4 rings (SSSR count). The van der Waals surface area contributed by atoms with E-state index < -0.39 is 10.9 Å². The van der Waals surface area contributed by atoms with Crippen molar-refractivity contribution in [1.82, 2.24) is 0 Å². The van der Waals surface area contributed by atoms with Crippen LogP contribution in [0, 0.1) is 13.7 Å². The number of ether oxygens (including phenoxy) is 3. The number of rotatable bonds is 8. The first-order valence-electron chi connectivity index (χ1n) is 10.3. The highest BCUT2D eigenvalue weighted by Gasteiger charge is 2.24. The van der Waals surface area contributed by atoms with Crippen molar-refractivity contribution in [3.8, 4) is 11.5 Å². The summed E-state index contributed by atoms with van der Waals surface area (Å²) in [5.74, 6) is 0.732. The molecule has 34 heavy (non-hydrogen) atoms. The zero-order chi connectivity index (χ0) is 24.1. The molecular weight excluding hydrogens is 551 g/mol.